The van der Waals surface area contributed by atoms with Crippen LogP contribution < -0.4 is 20.1 Å². The molecule has 2 heterocycles. The largest absolute Gasteiger partial charge is 0.454 e. The predicted molar refractivity (Wildman–Crippen MR) is 112 cm³/mol. The van der Waals surface area contributed by atoms with Crippen molar-refractivity contribution in [3.05, 3.63) is 53.8 Å². The molecule has 2 N–H and O–H groups in total. The van der Waals surface area contributed by atoms with E-state index in [2.05, 4.69) is 27.5 Å². The van der Waals surface area contributed by atoms with E-state index in [9.17, 15) is 14.0 Å². The molecule has 2 aliphatic heterocycles. The van der Waals surface area contributed by atoms with Gasteiger partial charge in [-0.05, 0) is 36.9 Å². The van der Waals surface area contributed by atoms with Crippen molar-refractivity contribution in [3.63, 3.8) is 0 Å². The molecule has 164 valence electrons. The lowest BCUT2D eigenvalue weighted by molar-refractivity contribution is -0.136. The minimum absolute atomic E-state index is 0.129. The molecule has 2 amide bonds. The van der Waals surface area contributed by atoms with Crippen LogP contribution in [0.4, 0.5) is 10.1 Å². The second-order valence-electron chi connectivity index (χ2n) is 7.64. The van der Waals surface area contributed by atoms with Crippen molar-refractivity contribution in [3.8, 4) is 11.5 Å². The number of ether oxygens (including phenoxy) is 2. The fourth-order valence-electron chi connectivity index (χ4n) is 3.71. The van der Waals surface area contributed by atoms with Crippen molar-refractivity contribution in [2.24, 2.45) is 0 Å². The van der Waals surface area contributed by atoms with Gasteiger partial charge in [-0.15, -0.1) is 0 Å². The van der Waals surface area contributed by atoms with Gasteiger partial charge < -0.3 is 25.0 Å². The zero-order chi connectivity index (χ0) is 21.8. The predicted octanol–water partition coefficient (Wildman–Crippen LogP) is 1.60. The Balaban J connectivity index is 1.39. The standard InChI is InChI=1S/C22H25FN4O4/c1-26-8-10-27(11-9-26)18(15-2-4-16(23)5-3-15)13-24-21(28)22(29)25-17-6-7-19-20(12-17)31-14-30-19/h2-7,12,18H,8-11,13-14H2,1H3,(H,24,28)(H,25,29)/t18-/m0/s1. The summed E-state index contributed by atoms with van der Waals surface area (Å²) in [5, 5.41) is 5.29. The summed E-state index contributed by atoms with van der Waals surface area (Å²) >= 11 is 0. The molecule has 4 rings (SSSR count). The van der Waals surface area contributed by atoms with Gasteiger partial charge in [0.15, 0.2) is 11.5 Å². The molecule has 0 bridgehead atoms. The van der Waals surface area contributed by atoms with Crippen LogP contribution in [0, 0.1) is 5.82 Å². The summed E-state index contributed by atoms with van der Waals surface area (Å²) in [5.74, 6) is -0.705. The molecule has 0 radical (unpaired) electrons. The summed E-state index contributed by atoms with van der Waals surface area (Å²) < 4.78 is 23.9. The Morgan fingerprint density at radius 2 is 1.71 bits per heavy atom. The molecule has 0 unspecified atom stereocenters. The van der Waals surface area contributed by atoms with E-state index in [1.54, 1.807) is 30.3 Å². The molecule has 1 atom stereocenters. The van der Waals surface area contributed by atoms with E-state index in [-0.39, 0.29) is 25.2 Å². The maximum Gasteiger partial charge on any atom is 0.313 e. The average Bonchev–Trinajstić information content (AvgIpc) is 3.24. The van der Waals surface area contributed by atoms with E-state index in [0.29, 0.717) is 17.2 Å². The van der Waals surface area contributed by atoms with Gasteiger partial charge in [-0.2, -0.15) is 0 Å². The first-order valence-corrected chi connectivity index (χ1v) is 10.2. The van der Waals surface area contributed by atoms with Crippen LogP contribution >= 0.6 is 0 Å². The Morgan fingerprint density at radius 3 is 2.45 bits per heavy atom. The molecule has 1 fully saturated rings. The van der Waals surface area contributed by atoms with Gasteiger partial charge in [-0.3, -0.25) is 14.5 Å². The number of hydrogen-bond acceptors (Lipinski definition) is 6. The summed E-state index contributed by atoms with van der Waals surface area (Å²) in [6.07, 6.45) is 0. The Labute approximate surface area is 179 Å². The number of halogens is 1. The quantitative estimate of drug-likeness (QED) is 0.704. The number of amides is 2. The second kappa shape index (κ2) is 9.32. The normalized spacial score (nSPS) is 17.2. The number of nitrogens with zero attached hydrogens (tertiary/aromatic N) is 2. The number of anilines is 1. The Morgan fingerprint density at radius 1 is 1.00 bits per heavy atom. The van der Waals surface area contributed by atoms with Crippen LogP contribution in [-0.4, -0.2) is 68.2 Å². The Hall–Kier alpha value is -3.17. The molecule has 1 saturated heterocycles. The second-order valence-corrected chi connectivity index (χ2v) is 7.64. The highest BCUT2D eigenvalue weighted by molar-refractivity contribution is 6.39. The van der Waals surface area contributed by atoms with Gasteiger partial charge in [0.2, 0.25) is 6.79 Å². The van der Waals surface area contributed by atoms with Crippen molar-refractivity contribution >= 4 is 17.5 Å². The fourth-order valence-corrected chi connectivity index (χ4v) is 3.71. The van der Waals surface area contributed by atoms with E-state index < -0.39 is 11.8 Å². The lowest BCUT2D eigenvalue weighted by Gasteiger charge is -2.38. The monoisotopic (exact) mass is 428 g/mol. The molecule has 0 aromatic heterocycles. The minimum Gasteiger partial charge on any atom is -0.454 e. The molecular weight excluding hydrogens is 403 g/mol. The third-order valence-electron chi connectivity index (χ3n) is 5.53. The van der Waals surface area contributed by atoms with Crippen LogP contribution in [0.25, 0.3) is 0 Å². The smallest absolute Gasteiger partial charge is 0.313 e. The molecule has 2 aromatic rings. The van der Waals surface area contributed by atoms with E-state index in [1.807, 2.05) is 0 Å². The number of fused-ring (bicyclic) bond motifs is 1. The number of carbonyl (C=O) groups excluding carboxylic acids is 2. The Kier molecular flexibility index (Phi) is 6.34. The molecule has 9 heteroatoms. The summed E-state index contributed by atoms with van der Waals surface area (Å²) in [5.41, 5.74) is 1.33. The topological polar surface area (TPSA) is 83.1 Å². The van der Waals surface area contributed by atoms with Gasteiger partial charge in [0, 0.05) is 44.5 Å². The van der Waals surface area contributed by atoms with Gasteiger partial charge in [-0.25, -0.2) is 4.39 Å². The van der Waals surface area contributed by atoms with Crippen LogP contribution in [-0.2, 0) is 9.59 Å². The van der Waals surface area contributed by atoms with Crippen LogP contribution in [0.5, 0.6) is 11.5 Å². The first-order chi connectivity index (χ1) is 15.0. The maximum atomic E-state index is 13.4. The number of rotatable bonds is 5. The van der Waals surface area contributed by atoms with Gasteiger partial charge in [0.25, 0.3) is 0 Å². The first kappa shape index (κ1) is 21.1. The third kappa shape index (κ3) is 5.12. The molecule has 8 nitrogen and oxygen atoms in total. The van der Waals surface area contributed by atoms with Crippen LogP contribution in [0.15, 0.2) is 42.5 Å². The van der Waals surface area contributed by atoms with Gasteiger partial charge >= 0.3 is 11.8 Å². The Bertz CT molecular complexity index is 945. The summed E-state index contributed by atoms with van der Waals surface area (Å²) in [7, 11) is 2.06. The van der Waals surface area contributed by atoms with E-state index in [0.717, 1.165) is 31.7 Å². The van der Waals surface area contributed by atoms with Crippen molar-refractivity contribution in [2.75, 3.05) is 51.9 Å². The number of piperazine rings is 1. The summed E-state index contributed by atoms with van der Waals surface area (Å²) in [6, 6.07) is 11.0. The summed E-state index contributed by atoms with van der Waals surface area (Å²) in [6.45, 7) is 3.80. The highest BCUT2D eigenvalue weighted by atomic mass is 19.1. The van der Waals surface area contributed by atoms with Crippen molar-refractivity contribution in [2.45, 2.75) is 6.04 Å². The highest BCUT2D eigenvalue weighted by Crippen LogP contribution is 2.34. The molecule has 31 heavy (non-hydrogen) atoms. The molecule has 2 aromatic carbocycles. The average molecular weight is 428 g/mol. The van der Waals surface area contributed by atoms with Crippen LogP contribution in [0.1, 0.15) is 11.6 Å². The molecule has 0 spiro atoms. The zero-order valence-corrected chi connectivity index (χ0v) is 17.3. The number of benzene rings is 2. The summed E-state index contributed by atoms with van der Waals surface area (Å²) in [4.78, 5) is 29.3. The number of likely N-dealkylation sites (N-methyl/N-ethyl adjacent to an activating group) is 1. The molecule has 0 saturated carbocycles. The van der Waals surface area contributed by atoms with Crippen molar-refractivity contribution in [1.82, 2.24) is 15.1 Å². The van der Waals surface area contributed by atoms with Gasteiger partial charge in [-0.1, -0.05) is 12.1 Å². The van der Waals surface area contributed by atoms with Crippen LogP contribution in [0.2, 0.25) is 0 Å². The molecule has 0 aliphatic carbocycles. The van der Waals surface area contributed by atoms with E-state index >= 15 is 0 Å². The SMILES string of the molecule is CN1CCN([C@@H](CNC(=O)C(=O)Nc2ccc3c(c2)OCO3)c2ccc(F)cc2)CC1. The highest BCUT2D eigenvalue weighted by Gasteiger charge is 2.26. The molecule has 2 aliphatic rings. The van der Waals surface area contributed by atoms with E-state index in [4.69, 9.17) is 9.47 Å². The third-order valence-corrected chi connectivity index (χ3v) is 5.53. The van der Waals surface area contributed by atoms with E-state index in [1.165, 1.54) is 12.1 Å². The van der Waals surface area contributed by atoms with Gasteiger partial charge in [0.1, 0.15) is 5.82 Å². The lowest BCUT2D eigenvalue weighted by Crippen LogP contribution is -2.49. The fraction of sp³-hybridized carbons (Fsp3) is 0.364. The van der Waals surface area contributed by atoms with Crippen molar-refractivity contribution in [1.29, 1.82) is 0 Å². The van der Waals surface area contributed by atoms with Crippen molar-refractivity contribution < 1.29 is 23.5 Å². The lowest BCUT2D eigenvalue weighted by atomic mass is 10.0. The van der Waals surface area contributed by atoms with Gasteiger partial charge in [0.05, 0.1) is 6.04 Å². The minimum atomic E-state index is -0.768. The zero-order valence-electron chi connectivity index (χ0n) is 17.3. The maximum absolute atomic E-state index is 13.4. The first-order valence-electron chi connectivity index (χ1n) is 10.2. The number of hydrogen-bond donors (Lipinski definition) is 2. The van der Waals surface area contributed by atoms with Crippen LogP contribution in [0.3, 0.4) is 0 Å². The molecular formula is C22H25FN4O4. The number of nitrogens with one attached hydrogen (secondary N) is 2. The number of carbonyl (C=O) groups is 2.